The van der Waals surface area contributed by atoms with Gasteiger partial charge in [-0.05, 0) is 55.8 Å². The second kappa shape index (κ2) is 8.02. The van der Waals surface area contributed by atoms with Crippen LogP contribution < -0.4 is 16.0 Å². The maximum atomic E-state index is 12.9. The number of carbonyl (C=O) groups excluding carboxylic acids is 1. The molecule has 0 fully saturated rings. The number of aryl methyl sites for hydroxylation is 1. The molecule has 2 aromatic rings. The fraction of sp³-hybridized carbons (Fsp3) is 0.278. The van der Waals surface area contributed by atoms with Crippen molar-refractivity contribution >= 4 is 17.4 Å². The molecule has 0 atom stereocenters. The van der Waals surface area contributed by atoms with Crippen LogP contribution in [0.5, 0.6) is 0 Å². The lowest BCUT2D eigenvalue weighted by Crippen LogP contribution is -2.36. The summed E-state index contributed by atoms with van der Waals surface area (Å²) in [5, 5.41) is 2.71. The molecule has 4 nitrogen and oxygen atoms in total. The van der Waals surface area contributed by atoms with Gasteiger partial charge in [0.2, 0.25) is 0 Å². The molecule has 0 saturated carbocycles. The summed E-state index contributed by atoms with van der Waals surface area (Å²) in [4.78, 5) is 13.9. The lowest BCUT2D eigenvalue weighted by molar-refractivity contribution is -0.137. The first-order valence-corrected chi connectivity index (χ1v) is 7.84. The van der Waals surface area contributed by atoms with Gasteiger partial charge in [0, 0.05) is 17.9 Å². The van der Waals surface area contributed by atoms with Gasteiger partial charge >= 0.3 is 12.2 Å². The summed E-state index contributed by atoms with van der Waals surface area (Å²) < 4.78 is 38.8. The zero-order valence-electron chi connectivity index (χ0n) is 13.8. The lowest BCUT2D eigenvalue weighted by atomic mass is 10.1. The zero-order valence-corrected chi connectivity index (χ0v) is 13.8. The molecule has 0 aliphatic carbocycles. The van der Waals surface area contributed by atoms with E-state index in [-0.39, 0.29) is 12.2 Å². The Kier molecular flexibility index (Phi) is 6.03. The SMILES string of the molecule is Cc1cccc(NC(=O)N(CCCN)c2cccc(C(F)(F)F)c2)c1. The summed E-state index contributed by atoms with van der Waals surface area (Å²) in [6, 6.07) is 11.4. The van der Waals surface area contributed by atoms with Crippen LogP contribution in [0.4, 0.5) is 29.3 Å². The van der Waals surface area contributed by atoms with E-state index in [2.05, 4.69) is 5.32 Å². The lowest BCUT2D eigenvalue weighted by Gasteiger charge is -2.24. The van der Waals surface area contributed by atoms with E-state index in [0.29, 0.717) is 18.7 Å². The summed E-state index contributed by atoms with van der Waals surface area (Å²) in [5.74, 6) is 0. The largest absolute Gasteiger partial charge is 0.416 e. The second-order valence-corrected chi connectivity index (χ2v) is 5.64. The maximum absolute atomic E-state index is 12.9. The summed E-state index contributed by atoms with van der Waals surface area (Å²) in [6.45, 7) is 2.43. The Morgan fingerprint density at radius 3 is 2.52 bits per heavy atom. The summed E-state index contributed by atoms with van der Waals surface area (Å²) in [6.07, 6.45) is -4.00. The molecule has 0 bridgehead atoms. The Balaban J connectivity index is 2.27. The van der Waals surface area contributed by atoms with Gasteiger partial charge in [0.05, 0.1) is 5.56 Å². The third-order valence-electron chi connectivity index (χ3n) is 3.59. The number of nitrogens with two attached hydrogens (primary N) is 1. The molecular weight excluding hydrogens is 331 g/mol. The van der Waals surface area contributed by atoms with E-state index in [9.17, 15) is 18.0 Å². The van der Waals surface area contributed by atoms with Crippen LogP contribution in [-0.4, -0.2) is 19.1 Å². The zero-order chi connectivity index (χ0) is 18.4. The van der Waals surface area contributed by atoms with Gasteiger partial charge in [0.25, 0.3) is 0 Å². The molecular formula is C18H20F3N3O. The average molecular weight is 351 g/mol. The Hall–Kier alpha value is -2.54. The summed E-state index contributed by atoms with van der Waals surface area (Å²) >= 11 is 0. The van der Waals surface area contributed by atoms with Crippen LogP contribution in [0.15, 0.2) is 48.5 Å². The van der Waals surface area contributed by atoms with E-state index in [1.807, 2.05) is 13.0 Å². The van der Waals surface area contributed by atoms with Gasteiger partial charge in [0.1, 0.15) is 0 Å². The number of hydrogen-bond donors (Lipinski definition) is 2. The number of amides is 2. The van der Waals surface area contributed by atoms with Crippen molar-refractivity contribution in [1.29, 1.82) is 0 Å². The molecule has 2 amide bonds. The highest BCUT2D eigenvalue weighted by Gasteiger charge is 2.31. The summed E-state index contributed by atoms with van der Waals surface area (Å²) in [5.41, 5.74) is 6.40. The number of nitrogens with zero attached hydrogens (tertiary/aromatic N) is 1. The normalized spacial score (nSPS) is 11.2. The van der Waals surface area contributed by atoms with Gasteiger partial charge < -0.3 is 11.1 Å². The predicted molar refractivity (Wildman–Crippen MR) is 92.7 cm³/mol. The minimum atomic E-state index is -4.47. The van der Waals surface area contributed by atoms with E-state index >= 15 is 0 Å². The van der Waals surface area contributed by atoms with Crippen LogP contribution in [0.25, 0.3) is 0 Å². The van der Waals surface area contributed by atoms with Crippen molar-refractivity contribution in [2.75, 3.05) is 23.3 Å². The van der Waals surface area contributed by atoms with Crippen molar-refractivity contribution in [1.82, 2.24) is 0 Å². The highest BCUT2D eigenvalue weighted by Crippen LogP contribution is 2.31. The molecule has 0 radical (unpaired) electrons. The van der Waals surface area contributed by atoms with Gasteiger partial charge in [0.15, 0.2) is 0 Å². The number of carbonyl (C=O) groups is 1. The first-order valence-electron chi connectivity index (χ1n) is 7.84. The molecule has 0 aliphatic rings. The third kappa shape index (κ3) is 5.22. The maximum Gasteiger partial charge on any atom is 0.416 e. The number of rotatable bonds is 5. The van der Waals surface area contributed by atoms with Crippen molar-refractivity contribution in [3.8, 4) is 0 Å². The molecule has 0 unspecified atom stereocenters. The van der Waals surface area contributed by atoms with Gasteiger partial charge in [-0.15, -0.1) is 0 Å². The molecule has 2 aromatic carbocycles. The van der Waals surface area contributed by atoms with Crippen molar-refractivity contribution in [3.05, 3.63) is 59.7 Å². The van der Waals surface area contributed by atoms with E-state index in [1.165, 1.54) is 17.0 Å². The number of anilines is 2. The van der Waals surface area contributed by atoms with Gasteiger partial charge in [-0.2, -0.15) is 13.2 Å². The number of benzene rings is 2. The Morgan fingerprint density at radius 2 is 1.88 bits per heavy atom. The second-order valence-electron chi connectivity index (χ2n) is 5.64. The van der Waals surface area contributed by atoms with E-state index in [0.717, 1.165) is 17.7 Å². The standard InChI is InChI=1S/C18H20F3N3O/c1-13-5-2-7-15(11-13)23-17(25)24(10-4-9-22)16-8-3-6-14(12-16)18(19,20)21/h2-3,5-8,11-12H,4,9-10,22H2,1H3,(H,23,25). The van der Waals surface area contributed by atoms with Gasteiger partial charge in [-0.25, -0.2) is 4.79 Å². The van der Waals surface area contributed by atoms with Gasteiger partial charge in [-0.1, -0.05) is 18.2 Å². The smallest absolute Gasteiger partial charge is 0.330 e. The van der Waals surface area contributed by atoms with Crippen LogP contribution >= 0.6 is 0 Å². The number of nitrogens with one attached hydrogen (secondary N) is 1. The van der Waals surface area contributed by atoms with Crippen LogP contribution in [0.3, 0.4) is 0 Å². The van der Waals surface area contributed by atoms with Crippen LogP contribution in [0.1, 0.15) is 17.5 Å². The van der Waals surface area contributed by atoms with Crippen LogP contribution in [0.2, 0.25) is 0 Å². The number of halogens is 3. The first-order chi connectivity index (χ1) is 11.8. The van der Waals surface area contributed by atoms with Crippen molar-refractivity contribution in [2.45, 2.75) is 19.5 Å². The topological polar surface area (TPSA) is 58.4 Å². The fourth-order valence-corrected chi connectivity index (χ4v) is 2.36. The van der Waals surface area contributed by atoms with Crippen LogP contribution in [-0.2, 0) is 6.18 Å². The van der Waals surface area contributed by atoms with Crippen molar-refractivity contribution < 1.29 is 18.0 Å². The molecule has 0 spiro atoms. The Labute approximate surface area is 144 Å². The highest BCUT2D eigenvalue weighted by atomic mass is 19.4. The van der Waals surface area contributed by atoms with Gasteiger partial charge in [-0.3, -0.25) is 4.90 Å². The minimum Gasteiger partial charge on any atom is -0.330 e. The van der Waals surface area contributed by atoms with Crippen molar-refractivity contribution in [3.63, 3.8) is 0 Å². The van der Waals surface area contributed by atoms with E-state index < -0.39 is 17.8 Å². The van der Waals surface area contributed by atoms with E-state index in [1.54, 1.807) is 18.2 Å². The number of alkyl halides is 3. The Morgan fingerprint density at radius 1 is 1.16 bits per heavy atom. The number of hydrogen-bond acceptors (Lipinski definition) is 2. The predicted octanol–water partition coefficient (Wildman–Crippen LogP) is 4.40. The molecule has 134 valence electrons. The number of urea groups is 1. The minimum absolute atomic E-state index is 0.174. The molecule has 0 heterocycles. The highest BCUT2D eigenvalue weighted by molar-refractivity contribution is 6.01. The van der Waals surface area contributed by atoms with Crippen molar-refractivity contribution in [2.24, 2.45) is 5.73 Å². The molecule has 2 rings (SSSR count). The molecule has 0 aromatic heterocycles. The van der Waals surface area contributed by atoms with E-state index in [4.69, 9.17) is 5.73 Å². The van der Waals surface area contributed by atoms with Crippen LogP contribution in [0, 0.1) is 6.92 Å². The first kappa shape index (κ1) is 18.8. The fourth-order valence-electron chi connectivity index (χ4n) is 2.36. The Bertz CT molecular complexity index is 732. The molecule has 7 heteroatoms. The monoisotopic (exact) mass is 351 g/mol. The average Bonchev–Trinajstić information content (AvgIpc) is 2.55. The quantitative estimate of drug-likeness (QED) is 0.839. The molecule has 0 saturated heterocycles. The third-order valence-corrected chi connectivity index (χ3v) is 3.59. The molecule has 25 heavy (non-hydrogen) atoms. The molecule has 3 N–H and O–H groups in total. The summed E-state index contributed by atoms with van der Waals surface area (Å²) in [7, 11) is 0. The molecule has 0 aliphatic heterocycles.